The second-order valence-corrected chi connectivity index (χ2v) is 7.75. The van der Waals surface area contributed by atoms with E-state index in [-0.39, 0.29) is 12.5 Å². The normalized spacial score (nSPS) is 15.5. The summed E-state index contributed by atoms with van der Waals surface area (Å²) < 4.78 is 30.5. The highest BCUT2D eigenvalue weighted by Crippen LogP contribution is 2.22. The van der Waals surface area contributed by atoms with Gasteiger partial charge in [-0.15, -0.1) is 0 Å². The maximum atomic E-state index is 12.1. The first-order valence-corrected chi connectivity index (χ1v) is 9.69. The van der Waals surface area contributed by atoms with E-state index in [9.17, 15) is 13.2 Å². The van der Waals surface area contributed by atoms with Crippen LogP contribution in [0.25, 0.3) is 0 Å². The Morgan fingerprint density at radius 1 is 1.35 bits per heavy atom. The van der Waals surface area contributed by atoms with Crippen LogP contribution < -0.4 is 4.31 Å². The first kappa shape index (κ1) is 18.0. The molecule has 128 valence electrons. The average Bonchev–Trinajstić information content (AvgIpc) is 2.51. The molecule has 0 unspecified atom stereocenters. The van der Waals surface area contributed by atoms with Crippen molar-refractivity contribution in [2.75, 3.05) is 43.4 Å². The molecule has 0 aliphatic carbocycles. The molecule has 1 fully saturated rings. The van der Waals surface area contributed by atoms with Crippen molar-refractivity contribution in [2.45, 2.75) is 12.8 Å². The number of hydrogen-bond acceptors (Lipinski definition) is 4. The largest absolute Gasteiger partial charge is 0.378 e. The van der Waals surface area contributed by atoms with Crippen molar-refractivity contribution >= 4 is 33.2 Å². The molecule has 8 heteroatoms. The van der Waals surface area contributed by atoms with Gasteiger partial charge in [-0.25, -0.2) is 8.42 Å². The molecule has 0 saturated carbocycles. The van der Waals surface area contributed by atoms with Crippen LogP contribution in [0.15, 0.2) is 24.3 Å². The third-order valence-electron chi connectivity index (χ3n) is 3.61. The van der Waals surface area contributed by atoms with Crippen LogP contribution in [-0.4, -0.2) is 58.3 Å². The fraction of sp³-hybridized carbons (Fsp3) is 0.533. The summed E-state index contributed by atoms with van der Waals surface area (Å²) in [6.07, 6.45) is 1.92. The van der Waals surface area contributed by atoms with Crippen LogP contribution in [0.1, 0.15) is 12.8 Å². The summed E-state index contributed by atoms with van der Waals surface area (Å²) in [5.74, 6) is 0.0350. The van der Waals surface area contributed by atoms with Crippen molar-refractivity contribution in [1.29, 1.82) is 0 Å². The Morgan fingerprint density at radius 3 is 2.65 bits per heavy atom. The number of carbonyl (C=O) groups excluding carboxylic acids is 1. The summed E-state index contributed by atoms with van der Waals surface area (Å²) in [5, 5.41) is 0.473. The van der Waals surface area contributed by atoms with Gasteiger partial charge in [-0.1, -0.05) is 17.7 Å². The molecule has 0 N–H and O–H groups in total. The lowest BCUT2D eigenvalue weighted by Crippen LogP contribution is -2.41. The third kappa shape index (κ3) is 5.37. The molecule has 1 amide bonds. The van der Waals surface area contributed by atoms with Crippen molar-refractivity contribution in [1.82, 2.24) is 4.90 Å². The summed E-state index contributed by atoms with van der Waals surface area (Å²) in [7, 11) is -3.43. The number of amides is 1. The predicted molar refractivity (Wildman–Crippen MR) is 90.3 cm³/mol. The molecule has 0 aromatic heterocycles. The zero-order valence-corrected chi connectivity index (χ0v) is 14.6. The smallest absolute Gasteiger partial charge is 0.232 e. The van der Waals surface area contributed by atoms with Gasteiger partial charge in [-0.2, -0.15) is 0 Å². The number of halogens is 1. The van der Waals surface area contributed by atoms with E-state index in [1.807, 2.05) is 0 Å². The number of anilines is 1. The maximum absolute atomic E-state index is 12.1. The molecular weight excluding hydrogens is 340 g/mol. The summed E-state index contributed by atoms with van der Waals surface area (Å²) in [6, 6.07) is 6.69. The lowest BCUT2D eigenvalue weighted by atomic mass is 10.2. The second-order valence-electron chi connectivity index (χ2n) is 5.41. The van der Waals surface area contributed by atoms with Crippen molar-refractivity contribution < 1.29 is 17.9 Å². The zero-order chi connectivity index (χ0) is 16.9. The number of benzene rings is 1. The Kier molecular flexibility index (Phi) is 6.26. The molecular formula is C15H21ClN2O4S. The fourth-order valence-corrected chi connectivity index (χ4v) is 3.60. The van der Waals surface area contributed by atoms with Gasteiger partial charge >= 0.3 is 0 Å². The molecule has 0 atom stereocenters. The van der Waals surface area contributed by atoms with Crippen molar-refractivity contribution in [3.8, 4) is 0 Å². The predicted octanol–water partition coefficient (Wildman–Crippen LogP) is 1.75. The van der Waals surface area contributed by atoms with Gasteiger partial charge < -0.3 is 9.64 Å². The van der Waals surface area contributed by atoms with E-state index in [2.05, 4.69) is 0 Å². The Bertz CT molecular complexity index is 645. The quantitative estimate of drug-likeness (QED) is 0.775. The number of nitrogens with zero attached hydrogens (tertiary/aromatic N) is 2. The van der Waals surface area contributed by atoms with Gasteiger partial charge in [0.05, 0.1) is 25.2 Å². The van der Waals surface area contributed by atoms with E-state index in [0.717, 1.165) is 6.26 Å². The minimum absolute atomic E-state index is 0.0350. The number of rotatable bonds is 6. The Morgan fingerprint density at radius 2 is 2.04 bits per heavy atom. The lowest BCUT2D eigenvalue weighted by molar-refractivity contribution is -0.135. The van der Waals surface area contributed by atoms with Crippen LogP contribution in [0.4, 0.5) is 5.69 Å². The molecule has 1 aliphatic rings. The van der Waals surface area contributed by atoms with E-state index in [0.29, 0.717) is 49.9 Å². The molecule has 1 aliphatic heterocycles. The van der Waals surface area contributed by atoms with Gasteiger partial charge in [0.25, 0.3) is 0 Å². The van der Waals surface area contributed by atoms with E-state index in [1.165, 1.54) is 4.31 Å². The highest BCUT2D eigenvalue weighted by Gasteiger charge is 2.20. The van der Waals surface area contributed by atoms with Crippen molar-refractivity contribution in [2.24, 2.45) is 0 Å². The van der Waals surface area contributed by atoms with Gasteiger partial charge in [0.15, 0.2) is 0 Å². The molecule has 1 aromatic carbocycles. The van der Waals surface area contributed by atoms with Gasteiger partial charge in [-0.3, -0.25) is 9.10 Å². The minimum atomic E-state index is -3.43. The van der Waals surface area contributed by atoms with Crippen LogP contribution in [0.3, 0.4) is 0 Å². The number of carbonyl (C=O) groups is 1. The monoisotopic (exact) mass is 360 g/mol. The first-order chi connectivity index (χ1) is 10.9. The molecule has 1 saturated heterocycles. The van der Waals surface area contributed by atoms with Gasteiger partial charge in [0.1, 0.15) is 0 Å². The van der Waals surface area contributed by atoms with E-state index < -0.39 is 10.0 Å². The summed E-state index contributed by atoms with van der Waals surface area (Å²) in [6.45, 7) is 2.56. The van der Waals surface area contributed by atoms with E-state index >= 15 is 0 Å². The maximum Gasteiger partial charge on any atom is 0.232 e. The van der Waals surface area contributed by atoms with Crippen LogP contribution in [0.2, 0.25) is 5.02 Å². The lowest BCUT2D eigenvalue weighted by Gasteiger charge is -2.27. The SMILES string of the molecule is CS(=O)(=O)N(CCCC(=O)N1CCOCC1)c1cccc(Cl)c1. The highest BCUT2D eigenvalue weighted by molar-refractivity contribution is 7.92. The van der Waals surface area contributed by atoms with Gasteiger partial charge in [-0.05, 0) is 24.6 Å². The van der Waals surface area contributed by atoms with E-state index in [1.54, 1.807) is 29.2 Å². The minimum Gasteiger partial charge on any atom is -0.378 e. The Hall–Kier alpha value is -1.31. The van der Waals surface area contributed by atoms with Crippen LogP contribution >= 0.6 is 11.6 Å². The van der Waals surface area contributed by atoms with Gasteiger partial charge in [0.2, 0.25) is 15.9 Å². The van der Waals surface area contributed by atoms with Crippen molar-refractivity contribution in [3.63, 3.8) is 0 Å². The third-order valence-corrected chi connectivity index (χ3v) is 5.04. The molecule has 2 rings (SSSR count). The number of morpholine rings is 1. The highest BCUT2D eigenvalue weighted by atomic mass is 35.5. The first-order valence-electron chi connectivity index (χ1n) is 7.47. The van der Waals surface area contributed by atoms with Crippen LogP contribution in [0, 0.1) is 0 Å². The molecule has 0 bridgehead atoms. The molecule has 1 aromatic rings. The topological polar surface area (TPSA) is 66.9 Å². The van der Waals surface area contributed by atoms with Crippen molar-refractivity contribution in [3.05, 3.63) is 29.3 Å². The Balaban J connectivity index is 1.95. The number of ether oxygens (including phenoxy) is 1. The van der Waals surface area contributed by atoms with E-state index in [4.69, 9.17) is 16.3 Å². The summed E-state index contributed by atoms with van der Waals surface area (Å²) in [4.78, 5) is 13.9. The second kappa shape index (κ2) is 7.99. The summed E-state index contributed by atoms with van der Waals surface area (Å²) in [5.41, 5.74) is 0.513. The molecule has 0 radical (unpaired) electrons. The molecule has 1 heterocycles. The standard InChI is InChI=1S/C15H21ClN2O4S/c1-23(20,21)18(14-5-2-4-13(16)12-14)7-3-6-15(19)17-8-10-22-11-9-17/h2,4-5,12H,3,6-11H2,1H3. The fourth-order valence-electron chi connectivity index (χ4n) is 2.46. The molecule has 23 heavy (non-hydrogen) atoms. The molecule has 6 nitrogen and oxygen atoms in total. The summed E-state index contributed by atoms with van der Waals surface area (Å²) >= 11 is 5.93. The number of sulfonamides is 1. The van der Waals surface area contributed by atoms with Crippen LogP contribution in [0.5, 0.6) is 0 Å². The zero-order valence-electron chi connectivity index (χ0n) is 13.1. The number of hydrogen-bond donors (Lipinski definition) is 0. The Labute approximate surface area is 142 Å². The average molecular weight is 361 g/mol. The molecule has 0 spiro atoms. The van der Waals surface area contributed by atoms with Crippen LogP contribution in [-0.2, 0) is 19.6 Å². The van der Waals surface area contributed by atoms with Gasteiger partial charge in [0, 0.05) is 31.1 Å².